The smallest absolute Gasteiger partial charge is 0.203 e. The molecule has 0 heterocycles. The highest BCUT2D eigenvalue weighted by Crippen LogP contribution is 2.49. The summed E-state index contributed by atoms with van der Waals surface area (Å²) in [4.78, 5) is 0. The highest BCUT2D eigenvalue weighted by atomic mass is 28.4. The molecule has 0 bridgehead atoms. The Kier molecular flexibility index (Phi) is 12.4. The van der Waals surface area contributed by atoms with Gasteiger partial charge in [-0.1, -0.05) is 94.9 Å². The Labute approximate surface area is 243 Å². The second-order valence-corrected chi connectivity index (χ2v) is 32.7. The topological polar surface area (TPSA) is 40.5 Å². The molecule has 1 radical (unpaired) electrons. The van der Waals surface area contributed by atoms with Gasteiger partial charge in [-0.25, -0.2) is 26.3 Å². The zero-order valence-electron chi connectivity index (χ0n) is 25.0. The Hall–Kier alpha value is -0.712. The number of phenolic OH excluding ortho intramolecular Hbond substituents is 1. The highest BCUT2D eigenvalue weighted by molar-refractivity contribution is 6.99. The molecule has 5 unspecified atom stereocenters. The van der Waals surface area contributed by atoms with Gasteiger partial charge in [-0.3, -0.25) is 0 Å². The van der Waals surface area contributed by atoms with Crippen molar-refractivity contribution in [1.29, 1.82) is 0 Å². The first-order chi connectivity index (χ1) is 18.7. The molecule has 2 nitrogen and oxygen atoms in total. The number of unbranched alkanes of at least 4 members (excludes halogenated alkanes) is 1. The first-order valence-electron chi connectivity index (χ1n) is 14.3. The van der Waals surface area contributed by atoms with Gasteiger partial charge in [0.25, 0.3) is 0 Å². The van der Waals surface area contributed by atoms with Crippen LogP contribution in [-0.2, 0) is 0 Å². The van der Waals surface area contributed by atoms with E-state index in [1.54, 1.807) is 6.92 Å². The van der Waals surface area contributed by atoms with Gasteiger partial charge < -0.3 is 10.2 Å². The third-order valence-electron chi connectivity index (χ3n) is 8.57. The van der Waals surface area contributed by atoms with Gasteiger partial charge in [-0.15, -0.1) is 0 Å². The van der Waals surface area contributed by atoms with Crippen LogP contribution in [0.2, 0.25) is 74.3 Å². The van der Waals surface area contributed by atoms with Crippen molar-refractivity contribution in [3.8, 4) is 5.75 Å². The lowest BCUT2D eigenvalue weighted by Gasteiger charge is -2.48. The number of benzene rings is 1. The number of aliphatic hydroxyl groups excluding tert-OH is 1. The van der Waals surface area contributed by atoms with Gasteiger partial charge in [0.05, 0.1) is 0 Å². The molecular formula is C27H45F8O2Si4. The Morgan fingerprint density at radius 3 is 1.61 bits per heavy atom. The minimum atomic E-state index is -4.53. The monoisotopic (exact) mass is 665 g/mol. The molecule has 0 amide bonds. The van der Waals surface area contributed by atoms with E-state index in [-0.39, 0.29) is 24.9 Å². The van der Waals surface area contributed by atoms with Crippen LogP contribution < -0.4 is 5.19 Å². The van der Waals surface area contributed by atoms with Crippen LogP contribution in [0.25, 0.3) is 0 Å². The van der Waals surface area contributed by atoms with Crippen molar-refractivity contribution in [2.24, 2.45) is 0 Å². The Bertz CT molecular complexity index is 1000. The van der Waals surface area contributed by atoms with Crippen molar-refractivity contribution in [3.63, 3.8) is 0 Å². The lowest BCUT2D eigenvalue weighted by Crippen LogP contribution is -2.66. The maximum absolute atomic E-state index is 15.7. The van der Waals surface area contributed by atoms with E-state index in [4.69, 9.17) is 0 Å². The molecule has 1 aromatic carbocycles. The first-order valence-corrected chi connectivity index (χ1v) is 26.4. The van der Waals surface area contributed by atoms with E-state index in [1.165, 1.54) is 5.67 Å². The van der Waals surface area contributed by atoms with E-state index < -0.39 is 104 Å². The van der Waals surface area contributed by atoms with Gasteiger partial charge >= 0.3 is 0 Å². The first kappa shape index (κ1) is 36.5. The van der Waals surface area contributed by atoms with Gasteiger partial charge in [0, 0.05) is 35.7 Å². The van der Waals surface area contributed by atoms with E-state index >= 15 is 17.6 Å². The molecule has 2 N–H and O–H groups in total. The van der Waals surface area contributed by atoms with Crippen LogP contribution in [0.5, 0.6) is 5.75 Å². The number of hydrogen-bond donors (Lipinski definition) is 2. The highest BCUT2D eigenvalue weighted by Gasteiger charge is 2.62. The molecule has 0 aliphatic heterocycles. The molecular weight excluding hydrogens is 621 g/mol. The second kappa shape index (κ2) is 13.9. The van der Waals surface area contributed by atoms with E-state index in [1.807, 2.05) is 0 Å². The molecule has 1 fully saturated rings. The number of rotatable bonds is 13. The molecule has 1 aromatic rings. The maximum Gasteiger partial charge on any atom is 0.203 e. The summed E-state index contributed by atoms with van der Waals surface area (Å²) in [5, 5.41) is 18.2. The third-order valence-corrected chi connectivity index (χ3v) is 30.4. The van der Waals surface area contributed by atoms with Gasteiger partial charge in [0.15, 0.2) is 29.7 Å². The number of aromatic hydroxyl groups is 1. The Morgan fingerprint density at radius 1 is 0.707 bits per heavy atom. The maximum atomic E-state index is 15.7. The summed E-state index contributed by atoms with van der Waals surface area (Å²) >= 11 is 0. The SMILES string of the molecule is CCCC[Si](CCC[Si](C)(C)C[Si](C)(C)C[Si](C)C)(c1c(F)c(F)c(O)c(F)c1F)C1C(F)C(F)C(O)C(F)C1F. The average Bonchev–Trinajstić information content (AvgIpc) is 2.85. The van der Waals surface area contributed by atoms with Crippen molar-refractivity contribution in [2.75, 3.05) is 0 Å². The van der Waals surface area contributed by atoms with Crippen LogP contribution >= 0.6 is 0 Å². The molecule has 5 atom stereocenters. The van der Waals surface area contributed by atoms with Crippen LogP contribution in [0.15, 0.2) is 0 Å². The lowest BCUT2D eigenvalue weighted by molar-refractivity contribution is -0.0888. The predicted octanol–water partition coefficient (Wildman–Crippen LogP) is 8.14. The predicted molar refractivity (Wildman–Crippen MR) is 159 cm³/mol. The summed E-state index contributed by atoms with van der Waals surface area (Å²) in [7, 11) is -8.55. The van der Waals surface area contributed by atoms with Crippen molar-refractivity contribution in [1.82, 2.24) is 0 Å². The average molecular weight is 666 g/mol. The molecule has 2 rings (SSSR count). The van der Waals surface area contributed by atoms with E-state index in [9.17, 15) is 27.8 Å². The van der Waals surface area contributed by atoms with Gasteiger partial charge in [-0.2, -0.15) is 8.78 Å². The van der Waals surface area contributed by atoms with Crippen LogP contribution in [0.4, 0.5) is 35.1 Å². The molecule has 1 aliphatic rings. The van der Waals surface area contributed by atoms with Gasteiger partial charge in [0.1, 0.15) is 26.5 Å². The van der Waals surface area contributed by atoms with E-state index in [0.29, 0.717) is 12.5 Å². The molecule has 1 aliphatic carbocycles. The quantitative estimate of drug-likeness (QED) is 0.127. The van der Waals surface area contributed by atoms with Crippen molar-refractivity contribution in [3.05, 3.63) is 23.3 Å². The molecule has 0 saturated heterocycles. The van der Waals surface area contributed by atoms with Crippen LogP contribution in [0.3, 0.4) is 0 Å². The minimum Gasteiger partial charge on any atom is -0.503 e. The number of halogens is 8. The Balaban J connectivity index is 2.70. The largest absolute Gasteiger partial charge is 0.503 e. The lowest BCUT2D eigenvalue weighted by atomic mass is 9.90. The number of alkyl halides is 4. The molecule has 1 saturated carbocycles. The van der Waals surface area contributed by atoms with Crippen molar-refractivity contribution >= 4 is 38.2 Å². The van der Waals surface area contributed by atoms with Crippen molar-refractivity contribution < 1.29 is 45.3 Å². The van der Waals surface area contributed by atoms with E-state index in [0.717, 1.165) is 5.67 Å². The molecule has 41 heavy (non-hydrogen) atoms. The fourth-order valence-corrected chi connectivity index (χ4v) is 35.5. The standard InChI is InChI=1S/C27H45F8O2Si4/c1-8-9-12-41(26-20(32)16(28)24(36)17(29)21(26)33,27-22(34)18(30)25(37)19(31)23(27)35)13-10-11-39(4,5)15-40(6,7)14-38(2)3/h16-17,20-21,24,26,36-37H,8-15H2,1-7H3. The summed E-state index contributed by atoms with van der Waals surface area (Å²) in [6.45, 7) is 15.1. The van der Waals surface area contributed by atoms with Crippen molar-refractivity contribution in [2.45, 2.75) is 131 Å². The number of aliphatic hydroxyl groups is 1. The normalized spacial score (nSPS) is 27.3. The third kappa shape index (κ3) is 7.87. The second-order valence-electron chi connectivity index (χ2n) is 13.8. The summed E-state index contributed by atoms with van der Waals surface area (Å²) in [5.41, 5.74) is -0.00816. The van der Waals surface area contributed by atoms with Crippen LogP contribution in [0.1, 0.15) is 26.2 Å². The van der Waals surface area contributed by atoms with E-state index in [2.05, 4.69) is 39.3 Å². The molecule has 237 valence electrons. The Morgan fingerprint density at radius 2 is 1.17 bits per heavy atom. The summed E-state index contributed by atoms with van der Waals surface area (Å²) in [5.74, 6) is -10.1. The fourth-order valence-electron chi connectivity index (χ4n) is 7.44. The van der Waals surface area contributed by atoms with Gasteiger partial charge in [0.2, 0.25) is 11.6 Å². The zero-order valence-corrected chi connectivity index (χ0v) is 29.0. The number of phenols is 1. The molecule has 14 heteroatoms. The summed E-state index contributed by atoms with van der Waals surface area (Å²) < 4.78 is 122. The fraction of sp³-hybridized carbons (Fsp3) is 0.778. The number of hydrogen-bond acceptors (Lipinski definition) is 2. The van der Waals surface area contributed by atoms with Crippen LogP contribution in [-0.4, -0.2) is 74.0 Å². The molecule has 0 spiro atoms. The summed E-state index contributed by atoms with van der Waals surface area (Å²) in [6.07, 6.45) is -13.4. The summed E-state index contributed by atoms with van der Waals surface area (Å²) in [6, 6.07) is 0.0652. The zero-order chi connectivity index (χ0) is 31.7. The molecule has 0 aromatic heterocycles. The van der Waals surface area contributed by atoms with Gasteiger partial charge in [-0.05, 0) is 0 Å². The minimum absolute atomic E-state index is 0.139. The van der Waals surface area contributed by atoms with Crippen LogP contribution in [0, 0.1) is 23.3 Å².